The van der Waals surface area contributed by atoms with E-state index in [0.717, 1.165) is 97.3 Å². The van der Waals surface area contributed by atoms with E-state index in [9.17, 15) is 0 Å². The Kier molecular flexibility index (Phi) is 7.11. The largest absolute Gasteiger partial charge is 0.497 e. The molecular formula is C29H35N7O2. The second-order valence-corrected chi connectivity index (χ2v) is 10.1. The minimum absolute atomic E-state index is 0.331. The minimum atomic E-state index is 0.331. The average Bonchev–Trinajstić information content (AvgIpc) is 3.34. The van der Waals surface area contributed by atoms with Gasteiger partial charge in [0.25, 0.3) is 0 Å². The predicted octanol–water partition coefficient (Wildman–Crippen LogP) is 3.89. The molecule has 0 spiro atoms. The van der Waals surface area contributed by atoms with Gasteiger partial charge in [-0.2, -0.15) is 5.10 Å². The molecule has 3 aromatic heterocycles. The van der Waals surface area contributed by atoms with E-state index in [4.69, 9.17) is 24.5 Å². The molecule has 2 saturated heterocycles. The maximum absolute atomic E-state index is 5.58. The number of nitrogens with one attached hydrogen (secondary N) is 1. The first-order valence-electron chi connectivity index (χ1n) is 13.4. The van der Waals surface area contributed by atoms with Crippen LogP contribution in [0.2, 0.25) is 0 Å². The average molecular weight is 514 g/mol. The van der Waals surface area contributed by atoms with Crippen LogP contribution in [0.1, 0.15) is 18.4 Å². The second-order valence-electron chi connectivity index (χ2n) is 10.1. The highest BCUT2D eigenvalue weighted by atomic mass is 16.5. The Labute approximate surface area is 223 Å². The van der Waals surface area contributed by atoms with Gasteiger partial charge in [0.1, 0.15) is 23.1 Å². The number of piperazine rings is 1. The van der Waals surface area contributed by atoms with Crippen molar-refractivity contribution in [3.05, 3.63) is 60.4 Å². The fourth-order valence-electron chi connectivity index (χ4n) is 5.27. The highest BCUT2D eigenvalue weighted by Gasteiger charge is 2.22. The lowest BCUT2D eigenvalue weighted by Gasteiger charge is -2.33. The molecule has 4 aromatic rings. The van der Waals surface area contributed by atoms with Crippen molar-refractivity contribution in [3.63, 3.8) is 0 Å². The zero-order valence-corrected chi connectivity index (χ0v) is 22.1. The monoisotopic (exact) mass is 513 g/mol. The topological polar surface area (TPSA) is 80.6 Å². The summed E-state index contributed by atoms with van der Waals surface area (Å²) in [4.78, 5) is 14.2. The van der Waals surface area contributed by atoms with Gasteiger partial charge in [-0.1, -0.05) is 12.1 Å². The maximum atomic E-state index is 5.58. The van der Waals surface area contributed by atoms with Crippen molar-refractivity contribution in [2.45, 2.75) is 25.4 Å². The van der Waals surface area contributed by atoms with E-state index >= 15 is 0 Å². The number of benzene rings is 1. The van der Waals surface area contributed by atoms with E-state index in [1.807, 2.05) is 24.5 Å². The number of anilines is 2. The molecule has 5 heterocycles. The van der Waals surface area contributed by atoms with E-state index in [1.54, 1.807) is 7.11 Å². The minimum Gasteiger partial charge on any atom is -0.497 e. The van der Waals surface area contributed by atoms with Crippen LogP contribution in [0, 0.1) is 0 Å². The van der Waals surface area contributed by atoms with Crippen LogP contribution >= 0.6 is 0 Å². The Morgan fingerprint density at radius 1 is 0.974 bits per heavy atom. The van der Waals surface area contributed by atoms with Crippen LogP contribution < -0.4 is 15.0 Å². The van der Waals surface area contributed by atoms with Crippen molar-refractivity contribution in [2.75, 3.05) is 63.8 Å². The Balaban J connectivity index is 1.41. The lowest BCUT2D eigenvalue weighted by molar-refractivity contribution is 0.0904. The number of aromatic nitrogens is 4. The Bertz CT molecular complexity index is 1370. The van der Waals surface area contributed by atoms with Gasteiger partial charge in [0.05, 0.1) is 24.6 Å². The highest BCUT2D eigenvalue weighted by molar-refractivity contribution is 6.01. The van der Waals surface area contributed by atoms with Crippen LogP contribution in [0.3, 0.4) is 0 Å². The zero-order valence-electron chi connectivity index (χ0n) is 22.1. The third-order valence-corrected chi connectivity index (χ3v) is 7.56. The van der Waals surface area contributed by atoms with Crippen LogP contribution in [-0.4, -0.2) is 84.2 Å². The fourth-order valence-corrected chi connectivity index (χ4v) is 5.27. The van der Waals surface area contributed by atoms with E-state index in [2.05, 4.69) is 57.2 Å². The van der Waals surface area contributed by atoms with Crippen molar-refractivity contribution < 1.29 is 9.47 Å². The molecule has 0 amide bonds. The number of likely N-dealkylation sites (N-methyl/N-ethyl adjacent to an activating group) is 1. The van der Waals surface area contributed by atoms with Gasteiger partial charge in [-0.3, -0.25) is 4.68 Å². The van der Waals surface area contributed by atoms with E-state index in [0.29, 0.717) is 12.6 Å². The van der Waals surface area contributed by atoms with Gasteiger partial charge in [-0.05, 0) is 55.8 Å². The molecule has 6 rings (SSSR count). The predicted molar refractivity (Wildman–Crippen MR) is 150 cm³/mol. The van der Waals surface area contributed by atoms with Gasteiger partial charge in [0, 0.05) is 63.4 Å². The summed E-state index contributed by atoms with van der Waals surface area (Å²) in [7, 11) is 3.86. The third-order valence-electron chi connectivity index (χ3n) is 7.56. The lowest BCUT2D eigenvalue weighted by Crippen LogP contribution is -2.44. The number of ether oxygens (including phenoxy) is 2. The number of hydrogen-bond donors (Lipinski definition) is 1. The van der Waals surface area contributed by atoms with Crippen molar-refractivity contribution in [1.29, 1.82) is 0 Å². The summed E-state index contributed by atoms with van der Waals surface area (Å²) >= 11 is 0. The maximum Gasteiger partial charge on any atom is 0.137 e. The first-order valence-corrected chi connectivity index (χ1v) is 13.4. The van der Waals surface area contributed by atoms with Crippen LogP contribution in [0.25, 0.3) is 22.2 Å². The summed E-state index contributed by atoms with van der Waals surface area (Å²) in [6, 6.07) is 14.8. The van der Waals surface area contributed by atoms with Gasteiger partial charge in [0.15, 0.2) is 0 Å². The Hall–Kier alpha value is -3.69. The molecule has 0 bridgehead atoms. The van der Waals surface area contributed by atoms with E-state index < -0.39 is 0 Å². The lowest BCUT2D eigenvalue weighted by atomic mass is 10.1. The number of fused-ring (bicyclic) bond motifs is 1. The molecule has 2 aliphatic heterocycles. The summed E-state index contributed by atoms with van der Waals surface area (Å²) in [5, 5.41) is 9.94. The third kappa shape index (κ3) is 5.16. The molecule has 0 atom stereocenters. The SMILES string of the molecule is COc1ccc(Cn2nc(-c3ccnc(N4CCN(C)CC4)c3)c3c(NC4CCOCC4)nccc32)cc1. The molecule has 2 aliphatic rings. The van der Waals surface area contributed by atoms with Crippen molar-refractivity contribution >= 4 is 22.5 Å². The Morgan fingerprint density at radius 3 is 2.50 bits per heavy atom. The highest BCUT2D eigenvalue weighted by Crippen LogP contribution is 2.35. The van der Waals surface area contributed by atoms with Gasteiger partial charge in [0.2, 0.25) is 0 Å². The van der Waals surface area contributed by atoms with E-state index in [1.165, 1.54) is 0 Å². The molecule has 2 fully saturated rings. The number of hydrogen-bond acceptors (Lipinski definition) is 8. The molecular weight excluding hydrogens is 478 g/mol. The second kappa shape index (κ2) is 11.0. The molecule has 0 saturated carbocycles. The molecule has 9 nitrogen and oxygen atoms in total. The normalized spacial score (nSPS) is 17.2. The van der Waals surface area contributed by atoms with Gasteiger partial charge >= 0.3 is 0 Å². The van der Waals surface area contributed by atoms with Gasteiger partial charge in [-0.25, -0.2) is 9.97 Å². The van der Waals surface area contributed by atoms with Gasteiger partial charge < -0.3 is 24.6 Å². The molecule has 0 aliphatic carbocycles. The van der Waals surface area contributed by atoms with Crippen LogP contribution in [0.4, 0.5) is 11.6 Å². The smallest absolute Gasteiger partial charge is 0.137 e. The summed E-state index contributed by atoms with van der Waals surface area (Å²) in [5.74, 6) is 2.72. The molecule has 198 valence electrons. The first kappa shape index (κ1) is 24.6. The van der Waals surface area contributed by atoms with Crippen molar-refractivity contribution in [1.82, 2.24) is 24.6 Å². The summed E-state index contributed by atoms with van der Waals surface area (Å²) in [5.41, 5.74) is 4.19. The number of nitrogens with zero attached hydrogens (tertiary/aromatic N) is 6. The molecule has 0 unspecified atom stereocenters. The summed E-state index contributed by atoms with van der Waals surface area (Å²) in [6.45, 7) is 6.21. The molecule has 0 radical (unpaired) electrons. The Morgan fingerprint density at radius 2 is 1.74 bits per heavy atom. The number of rotatable bonds is 7. The quantitative estimate of drug-likeness (QED) is 0.399. The molecule has 1 aromatic carbocycles. The van der Waals surface area contributed by atoms with Crippen LogP contribution in [0.5, 0.6) is 5.75 Å². The zero-order chi connectivity index (χ0) is 25.9. The molecule has 9 heteroatoms. The first-order chi connectivity index (χ1) is 18.7. The summed E-state index contributed by atoms with van der Waals surface area (Å²) in [6.07, 6.45) is 5.72. The number of methoxy groups -OCH3 is 1. The van der Waals surface area contributed by atoms with Gasteiger partial charge in [-0.15, -0.1) is 0 Å². The van der Waals surface area contributed by atoms with E-state index in [-0.39, 0.29) is 0 Å². The fraction of sp³-hybridized carbons (Fsp3) is 0.414. The molecule has 1 N–H and O–H groups in total. The molecule has 38 heavy (non-hydrogen) atoms. The van der Waals surface area contributed by atoms with Crippen LogP contribution in [-0.2, 0) is 11.3 Å². The number of pyridine rings is 2. The van der Waals surface area contributed by atoms with Crippen molar-refractivity contribution in [3.8, 4) is 17.0 Å². The summed E-state index contributed by atoms with van der Waals surface area (Å²) < 4.78 is 13.0. The van der Waals surface area contributed by atoms with Crippen LogP contribution in [0.15, 0.2) is 54.9 Å². The van der Waals surface area contributed by atoms with Crippen molar-refractivity contribution in [2.24, 2.45) is 0 Å². The standard InChI is InChI=1S/C29H35N7O2/c1-34-13-15-35(16-14-34)26-19-22(7-11-30-26)28-27-25(8-12-31-29(27)32-23-9-17-38-18-10-23)36(33-28)20-21-3-5-24(37-2)6-4-21/h3-8,11-12,19,23H,9-10,13-18,20H2,1-2H3,(H,31,32).